The van der Waals surface area contributed by atoms with Crippen molar-refractivity contribution in [2.24, 2.45) is 11.1 Å². The van der Waals surface area contributed by atoms with E-state index in [1.54, 1.807) is 0 Å². The van der Waals surface area contributed by atoms with Gasteiger partial charge in [-0.15, -0.1) is 0 Å². The van der Waals surface area contributed by atoms with Crippen LogP contribution >= 0.6 is 0 Å². The molecule has 2 nitrogen and oxygen atoms in total. The molecule has 84 valence electrons. The molecule has 0 aliphatic heterocycles. The van der Waals surface area contributed by atoms with Crippen LogP contribution in [0, 0.1) is 5.41 Å². The molecule has 0 aliphatic rings. The van der Waals surface area contributed by atoms with E-state index in [0.29, 0.717) is 0 Å². The summed E-state index contributed by atoms with van der Waals surface area (Å²) < 4.78 is 0. The summed E-state index contributed by atoms with van der Waals surface area (Å²) in [6, 6.07) is 0. The maximum atomic E-state index is 6.14. The molecular formula is C12H26N2. The largest absolute Gasteiger partial charge is 0.325 e. The van der Waals surface area contributed by atoms with Crippen LogP contribution in [0.2, 0.25) is 0 Å². The molecule has 0 saturated heterocycles. The lowest BCUT2D eigenvalue weighted by Gasteiger charge is -2.41. The number of hydrogen-bond acceptors (Lipinski definition) is 2. The van der Waals surface area contributed by atoms with E-state index >= 15 is 0 Å². The van der Waals surface area contributed by atoms with Gasteiger partial charge in [-0.25, -0.2) is 0 Å². The highest BCUT2D eigenvalue weighted by atomic mass is 15.1. The Hall–Kier alpha value is -0.340. The Morgan fingerprint density at radius 3 is 2.00 bits per heavy atom. The molecule has 14 heavy (non-hydrogen) atoms. The summed E-state index contributed by atoms with van der Waals surface area (Å²) >= 11 is 0. The van der Waals surface area contributed by atoms with Gasteiger partial charge >= 0.3 is 0 Å². The lowest BCUT2D eigenvalue weighted by atomic mass is 9.75. The standard InChI is InChI=1S/C12H26N2/c1-10(2)8-14(7)9-11(3,4)12(5,6)13/h1,8-9,13H2,2-7H3. The van der Waals surface area contributed by atoms with Crippen LogP contribution in [0.5, 0.6) is 0 Å². The molecule has 0 atom stereocenters. The van der Waals surface area contributed by atoms with Gasteiger partial charge in [0.2, 0.25) is 0 Å². The van der Waals surface area contributed by atoms with Crippen molar-refractivity contribution in [3.05, 3.63) is 12.2 Å². The van der Waals surface area contributed by atoms with Gasteiger partial charge in [0.15, 0.2) is 0 Å². The first-order chi connectivity index (χ1) is 6.06. The van der Waals surface area contributed by atoms with Gasteiger partial charge in [-0.3, -0.25) is 0 Å². The molecule has 0 saturated carbocycles. The Kier molecular flexibility index (Phi) is 4.34. The van der Waals surface area contributed by atoms with Crippen LogP contribution in [0.3, 0.4) is 0 Å². The predicted octanol–water partition coefficient (Wildman–Crippen LogP) is 2.26. The summed E-state index contributed by atoms with van der Waals surface area (Å²) in [7, 11) is 2.11. The van der Waals surface area contributed by atoms with E-state index in [0.717, 1.165) is 13.1 Å². The highest BCUT2D eigenvalue weighted by molar-refractivity contribution is 4.95. The van der Waals surface area contributed by atoms with Crippen LogP contribution in [0.25, 0.3) is 0 Å². The van der Waals surface area contributed by atoms with Crippen molar-refractivity contribution >= 4 is 0 Å². The Morgan fingerprint density at radius 2 is 1.71 bits per heavy atom. The number of nitrogens with two attached hydrogens (primary N) is 1. The molecule has 2 N–H and O–H groups in total. The fourth-order valence-corrected chi connectivity index (χ4v) is 1.40. The summed E-state index contributed by atoms with van der Waals surface area (Å²) in [5.41, 5.74) is 7.29. The molecule has 0 bridgehead atoms. The van der Waals surface area contributed by atoms with Gasteiger partial charge in [0.25, 0.3) is 0 Å². The molecule has 0 heterocycles. The number of hydrogen-bond donors (Lipinski definition) is 1. The second kappa shape index (κ2) is 4.45. The Bertz CT molecular complexity index is 199. The number of likely N-dealkylation sites (N-methyl/N-ethyl adjacent to an activating group) is 1. The van der Waals surface area contributed by atoms with Crippen LogP contribution in [0.1, 0.15) is 34.6 Å². The van der Waals surface area contributed by atoms with Gasteiger partial charge < -0.3 is 10.6 Å². The zero-order valence-corrected chi connectivity index (χ0v) is 10.6. The van der Waals surface area contributed by atoms with Gasteiger partial charge in [0.05, 0.1) is 0 Å². The minimum absolute atomic E-state index is 0.108. The second-order valence-corrected chi connectivity index (χ2v) is 5.73. The van der Waals surface area contributed by atoms with E-state index in [2.05, 4.69) is 53.1 Å². The summed E-state index contributed by atoms with van der Waals surface area (Å²) in [5.74, 6) is 0. The lowest BCUT2D eigenvalue weighted by molar-refractivity contribution is 0.136. The highest BCUT2D eigenvalue weighted by Gasteiger charge is 2.34. The first-order valence-corrected chi connectivity index (χ1v) is 5.18. The van der Waals surface area contributed by atoms with E-state index in [4.69, 9.17) is 5.73 Å². The average molecular weight is 198 g/mol. The van der Waals surface area contributed by atoms with Gasteiger partial charge in [0.1, 0.15) is 0 Å². The van der Waals surface area contributed by atoms with Crippen LogP contribution in [0.15, 0.2) is 12.2 Å². The first-order valence-electron chi connectivity index (χ1n) is 5.18. The van der Waals surface area contributed by atoms with Crippen molar-refractivity contribution in [2.45, 2.75) is 40.2 Å². The van der Waals surface area contributed by atoms with Crippen LogP contribution in [-0.4, -0.2) is 30.6 Å². The summed E-state index contributed by atoms with van der Waals surface area (Å²) in [6.07, 6.45) is 0. The molecule has 2 heteroatoms. The van der Waals surface area contributed by atoms with E-state index in [9.17, 15) is 0 Å². The maximum absolute atomic E-state index is 6.14. The molecule has 0 aliphatic carbocycles. The monoisotopic (exact) mass is 198 g/mol. The Labute approximate surface area is 89.2 Å². The normalized spacial score (nSPS) is 13.4. The Morgan fingerprint density at radius 1 is 1.29 bits per heavy atom. The molecule has 0 fully saturated rings. The fraction of sp³-hybridized carbons (Fsp3) is 0.833. The van der Waals surface area contributed by atoms with E-state index < -0.39 is 0 Å². The Balaban J connectivity index is 4.29. The topological polar surface area (TPSA) is 29.3 Å². The predicted molar refractivity (Wildman–Crippen MR) is 64.4 cm³/mol. The highest BCUT2D eigenvalue weighted by Crippen LogP contribution is 2.28. The van der Waals surface area contributed by atoms with Crippen molar-refractivity contribution in [2.75, 3.05) is 20.1 Å². The third kappa shape index (κ3) is 4.25. The fourth-order valence-electron chi connectivity index (χ4n) is 1.40. The lowest BCUT2D eigenvalue weighted by Crippen LogP contribution is -2.52. The second-order valence-electron chi connectivity index (χ2n) is 5.73. The minimum Gasteiger partial charge on any atom is -0.325 e. The van der Waals surface area contributed by atoms with E-state index in [1.165, 1.54) is 5.57 Å². The zero-order chi connectivity index (χ0) is 11.6. The maximum Gasteiger partial charge on any atom is 0.0184 e. The van der Waals surface area contributed by atoms with E-state index in [-0.39, 0.29) is 11.0 Å². The van der Waals surface area contributed by atoms with E-state index in [1.807, 2.05) is 0 Å². The summed E-state index contributed by atoms with van der Waals surface area (Å²) in [6.45, 7) is 16.5. The third-order valence-electron chi connectivity index (χ3n) is 2.95. The van der Waals surface area contributed by atoms with Crippen molar-refractivity contribution in [1.82, 2.24) is 4.90 Å². The quantitative estimate of drug-likeness (QED) is 0.687. The number of nitrogens with zero attached hydrogens (tertiary/aromatic N) is 1. The van der Waals surface area contributed by atoms with Crippen molar-refractivity contribution in [3.8, 4) is 0 Å². The molecule has 0 spiro atoms. The van der Waals surface area contributed by atoms with Crippen molar-refractivity contribution in [1.29, 1.82) is 0 Å². The first kappa shape index (κ1) is 13.7. The van der Waals surface area contributed by atoms with Crippen LogP contribution < -0.4 is 5.73 Å². The van der Waals surface area contributed by atoms with Gasteiger partial charge in [0, 0.05) is 18.6 Å². The molecule has 0 amide bonds. The molecule has 0 aromatic rings. The molecule has 0 unspecified atom stereocenters. The van der Waals surface area contributed by atoms with Crippen LogP contribution in [-0.2, 0) is 0 Å². The number of rotatable bonds is 5. The average Bonchev–Trinajstić information content (AvgIpc) is 1.79. The third-order valence-corrected chi connectivity index (χ3v) is 2.95. The van der Waals surface area contributed by atoms with Crippen LogP contribution in [0.4, 0.5) is 0 Å². The zero-order valence-electron chi connectivity index (χ0n) is 10.6. The molecule has 0 radical (unpaired) electrons. The summed E-state index contributed by atoms with van der Waals surface area (Å²) in [5, 5.41) is 0. The smallest absolute Gasteiger partial charge is 0.0184 e. The summed E-state index contributed by atoms with van der Waals surface area (Å²) in [4.78, 5) is 2.27. The molecular weight excluding hydrogens is 172 g/mol. The van der Waals surface area contributed by atoms with Crippen molar-refractivity contribution in [3.63, 3.8) is 0 Å². The SMILES string of the molecule is C=C(C)CN(C)CC(C)(C)C(C)(C)N. The molecule has 0 aromatic carbocycles. The molecule has 0 rings (SSSR count). The minimum atomic E-state index is -0.156. The van der Waals surface area contributed by atoms with Gasteiger partial charge in [-0.2, -0.15) is 0 Å². The van der Waals surface area contributed by atoms with Crippen molar-refractivity contribution < 1.29 is 0 Å². The molecule has 0 aromatic heterocycles. The van der Waals surface area contributed by atoms with Gasteiger partial charge in [-0.05, 0) is 33.2 Å². The van der Waals surface area contributed by atoms with Gasteiger partial charge in [-0.1, -0.05) is 26.0 Å².